The number of aryl methyl sites for hydroxylation is 1. The topological polar surface area (TPSA) is 28.9 Å². The van der Waals surface area contributed by atoms with Crippen molar-refractivity contribution in [3.63, 3.8) is 0 Å². The second kappa shape index (κ2) is 1.50. The summed E-state index contributed by atoms with van der Waals surface area (Å²) in [7, 11) is 0. The van der Waals surface area contributed by atoms with Crippen LogP contribution in [-0.4, -0.2) is 5.16 Å². The first-order valence-corrected chi connectivity index (χ1v) is 2.35. The zero-order valence-corrected chi connectivity index (χ0v) is 4.71. The van der Waals surface area contributed by atoms with E-state index < -0.39 is 0 Å². The number of hydrogen-bond donors (Lipinski definition) is 1. The minimum Gasteiger partial charge on any atom is -0.371 e. The summed E-state index contributed by atoms with van der Waals surface area (Å²) in [6.07, 6.45) is 0. The predicted molar refractivity (Wildman–Crippen MR) is 28.6 cm³/mol. The lowest BCUT2D eigenvalue weighted by Gasteiger charge is -1.67. The number of nitrogens with one attached hydrogen (secondary N) is 1. The Hall–Kier alpha value is -0.570. The third-order valence-corrected chi connectivity index (χ3v) is 0.848. The van der Waals surface area contributed by atoms with Crippen LogP contribution in [0.15, 0.2) is 10.6 Å². The van der Waals surface area contributed by atoms with E-state index in [0.717, 1.165) is 5.69 Å². The molecule has 2 nitrogen and oxygen atoms in total. The van der Waals surface area contributed by atoms with Crippen LogP contribution < -0.4 is 0 Å². The monoisotopic (exact) mass is 115 g/mol. The Kier molecular flexibility index (Phi) is 0.982. The Morgan fingerprint density at radius 1 is 1.86 bits per heavy atom. The number of hydrogen-bond acceptors (Lipinski definition) is 2. The van der Waals surface area contributed by atoms with Gasteiger partial charge in [-0.25, -0.2) is 5.16 Å². The Labute approximate surface area is 46.1 Å². The summed E-state index contributed by atoms with van der Waals surface area (Å²) in [6.45, 7) is 1.89. The van der Waals surface area contributed by atoms with E-state index in [2.05, 4.69) is 21.9 Å². The molecule has 0 fully saturated rings. The molecule has 1 aromatic heterocycles. The number of aromatic nitrogens is 1. The number of aromatic amines is 1. The summed E-state index contributed by atoms with van der Waals surface area (Å²) in [6, 6.07) is 1.76. The van der Waals surface area contributed by atoms with Gasteiger partial charge in [0.25, 0.3) is 0 Å². The van der Waals surface area contributed by atoms with Crippen LogP contribution in [0, 0.1) is 11.6 Å². The van der Waals surface area contributed by atoms with Crippen LogP contribution in [-0.2, 0) is 0 Å². The second-order valence-corrected chi connectivity index (χ2v) is 1.75. The number of H-pyrrole nitrogens is 1. The van der Waals surface area contributed by atoms with Gasteiger partial charge in [-0.1, -0.05) is 0 Å². The molecule has 1 heterocycles. The van der Waals surface area contributed by atoms with Gasteiger partial charge in [0.05, 0.1) is 5.69 Å². The van der Waals surface area contributed by atoms with Gasteiger partial charge in [0.2, 0.25) is 4.71 Å². The predicted octanol–water partition coefficient (Wildman–Crippen LogP) is 1.65. The molecule has 0 aliphatic carbocycles. The van der Waals surface area contributed by atoms with Gasteiger partial charge in [0, 0.05) is 6.07 Å². The first-order valence-electron chi connectivity index (χ1n) is 1.94. The molecule has 7 heavy (non-hydrogen) atoms. The maximum Gasteiger partial charge on any atom is 0.220 e. The van der Waals surface area contributed by atoms with Crippen molar-refractivity contribution in [2.24, 2.45) is 0 Å². The van der Waals surface area contributed by atoms with E-state index >= 15 is 0 Å². The van der Waals surface area contributed by atoms with Crippen molar-refractivity contribution in [1.82, 2.24) is 5.16 Å². The van der Waals surface area contributed by atoms with Crippen molar-refractivity contribution < 1.29 is 4.52 Å². The molecule has 3 heteroatoms. The van der Waals surface area contributed by atoms with Crippen LogP contribution in [0.5, 0.6) is 0 Å². The minimum absolute atomic E-state index is 0.512. The standard InChI is InChI=1S/C4H5NOS/c1-3-2-4(7)6-5-3/h2,5H,1H3. The fourth-order valence-corrected chi connectivity index (χ4v) is 0.585. The maximum atomic E-state index is 4.65. The molecule has 0 spiro atoms. The van der Waals surface area contributed by atoms with E-state index in [1.807, 2.05) is 6.92 Å². The Morgan fingerprint density at radius 3 is 2.71 bits per heavy atom. The molecule has 0 atom stereocenters. The van der Waals surface area contributed by atoms with E-state index in [4.69, 9.17) is 0 Å². The van der Waals surface area contributed by atoms with Crippen molar-refractivity contribution in [1.29, 1.82) is 0 Å². The zero-order chi connectivity index (χ0) is 5.28. The molecule has 0 unspecified atom stereocenters. The SMILES string of the molecule is Cc1cc(=S)o[nH]1. The largest absolute Gasteiger partial charge is 0.371 e. The van der Waals surface area contributed by atoms with Crippen LogP contribution in [0.1, 0.15) is 5.69 Å². The minimum atomic E-state index is 0.512. The summed E-state index contributed by atoms with van der Waals surface area (Å²) >= 11 is 4.63. The molecule has 1 rings (SSSR count). The van der Waals surface area contributed by atoms with Crippen molar-refractivity contribution in [3.8, 4) is 0 Å². The molecule has 0 aliphatic heterocycles. The van der Waals surface area contributed by atoms with Crippen LogP contribution >= 0.6 is 12.2 Å². The van der Waals surface area contributed by atoms with E-state index in [1.165, 1.54) is 0 Å². The molecule has 1 aromatic rings. The van der Waals surface area contributed by atoms with Crippen LogP contribution in [0.2, 0.25) is 0 Å². The highest BCUT2D eigenvalue weighted by Gasteiger charge is 1.81. The van der Waals surface area contributed by atoms with Gasteiger partial charge in [-0.15, -0.1) is 0 Å². The summed E-state index contributed by atoms with van der Waals surface area (Å²) in [5.41, 5.74) is 0.963. The smallest absolute Gasteiger partial charge is 0.220 e. The summed E-state index contributed by atoms with van der Waals surface area (Å²) in [5, 5.41) is 2.59. The Bertz CT molecular complexity index is 199. The van der Waals surface area contributed by atoms with Crippen LogP contribution in [0.3, 0.4) is 0 Å². The molecular weight excluding hydrogens is 110 g/mol. The van der Waals surface area contributed by atoms with E-state index in [0.29, 0.717) is 4.71 Å². The maximum absolute atomic E-state index is 4.65. The highest BCUT2D eigenvalue weighted by Crippen LogP contribution is 1.92. The highest BCUT2D eigenvalue weighted by atomic mass is 32.1. The van der Waals surface area contributed by atoms with Gasteiger partial charge in [-0.2, -0.15) is 0 Å². The van der Waals surface area contributed by atoms with Crippen molar-refractivity contribution in [3.05, 3.63) is 16.5 Å². The molecular formula is C4H5NOS. The molecule has 0 aliphatic rings. The van der Waals surface area contributed by atoms with Crippen LogP contribution in [0.25, 0.3) is 0 Å². The zero-order valence-electron chi connectivity index (χ0n) is 3.89. The molecule has 0 saturated heterocycles. The first-order chi connectivity index (χ1) is 3.29. The van der Waals surface area contributed by atoms with Gasteiger partial charge in [0.15, 0.2) is 0 Å². The fourth-order valence-electron chi connectivity index (χ4n) is 0.366. The summed E-state index contributed by atoms with van der Waals surface area (Å²) < 4.78 is 5.17. The average molecular weight is 115 g/mol. The number of rotatable bonds is 0. The molecule has 0 amide bonds. The second-order valence-electron chi connectivity index (χ2n) is 1.35. The van der Waals surface area contributed by atoms with E-state index in [1.54, 1.807) is 6.07 Å². The summed E-state index contributed by atoms with van der Waals surface area (Å²) in [4.78, 5) is 0. The van der Waals surface area contributed by atoms with Gasteiger partial charge in [-0.05, 0) is 19.1 Å². The van der Waals surface area contributed by atoms with Crippen LogP contribution in [0.4, 0.5) is 0 Å². The van der Waals surface area contributed by atoms with Crippen molar-refractivity contribution >= 4 is 12.2 Å². The van der Waals surface area contributed by atoms with E-state index in [-0.39, 0.29) is 0 Å². The molecule has 0 saturated carbocycles. The average Bonchev–Trinajstić information content (AvgIpc) is 1.87. The Morgan fingerprint density at radius 2 is 2.57 bits per heavy atom. The molecule has 0 aromatic carbocycles. The quantitative estimate of drug-likeness (QED) is 0.521. The first kappa shape index (κ1) is 4.59. The van der Waals surface area contributed by atoms with Crippen molar-refractivity contribution in [2.45, 2.75) is 6.92 Å². The third kappa shape index (κ3) is 0.899. The highest BCUT2D eigenvalue weighted by molar-refractivity contribution is 7.71. The molecule has 0 bridgehead atoms. The summed E-state index contributed by atoms with van der Waals surface area (Å²) in [5.74, 6) is 0. The lowest BCUT2D eigenvalue weighted by molar-refractivity contribution is 0.403. The van der Waals surface area contributed by atoms with E-state index in [9.17, 15) is 0 Å². The third-order valence-electron chi connectivity index (χ3n) is 0.647. The van der Waals surface area contributed by atoms with Gasteiger partial charge in [-0.3, -0.25) is 0 Å². The lowest BCUT2D eigenvalue weighted by atomic mass is 10.5. The molecule has 38 valence electrons. The Balaban J connectivity index is 3.30. The fraction of sp³-hybridized carbons (Fsp3) is 0.250. The van der Waals surface area contributed by atoms with Gasteiger partial charge >= 0.3 is 0 Å². The lowest BCUT2D eigenvalue weighted by Crippen LogP contribution is -1.59. The normalized spacial score (nSPS) is 9.29. The molecule has 1 N–H and O–H groups in total. The van der Waals surface area contributed by atoms with Gasteiger partial charge < -0.3 is 4.52 Å². The van der Waals surface area contributed by atoms with Gasteiger partial charge in [0.1, 0.15) is 0 Å². The van der Waals surface area contributed by atoms with Crippen molar-refractivity contribution in [2.75, 3.05) is 0 Å². The molecule has 0 radical (unpaired) electrons.